The van der Waals surface area contributed by atoms with Gasteiger partial charge in [0, 0.05) is 16.0 Å². The minimum Gasteiger partial charge on any atom is -0.496 e. The summed E-state index contributed by atoms with van der Waals surface area (Å²) >= 11 is 1.35. The highest BCUT2D eigenvalue weighted by molar-refractivity contribution is 7.15. The van der Waals surface area contributed by atoms with Gasteiger partial charge in [0.25, 0.3) is 0 Å². The van der Waals surface area contributed by atoms with E-state index in [4.69, 9.17) is 15.0 Å². The molecule has 0 fully saturated rings. The van der Waals surface area contributed by atoms with Crippen molar-refractivity contribution in [1.29, 1.82) is 0 Å². The number of aromatic nitrogens is 1. The van der Waals surface area contributed by atoms with Gasteiger partial charge in [-0.3, -0.25) is 0 Å². The average molecular weight is 330 g/mol. The Labute approximate surface area is 136 Å². The molecule has 8 heteroatoms. The van der Waals surface area contributed by atoms with Gasteiger partial charge < -0.3 is 9.47 Å². The first-order valence-electron chi connectivity index (χ1n) is 6.72. The van der Waals surface area contributed by atoms with Crippen LogP contribution in [0.4, 0.5) is 0 Å². The van der Waals surface area contributed by atoms with Gasteiger partial charge in [-0.2, -0.15) is 0 Å². The molecule has 1 aromatic heterocycles. The second-order valence-corrected chi connectivity index (χ2v) is 5.27. The molecule has 0 spiro atoms. The van der Waals surface area contributed by atoms with Crippen LogP contribution in [0.2, 0.25) is 0 Å². The summed E-state index contributed by atoms with van der Waals surface area (Å²) in [6.45, 7) is 1.88. The molecule has 1 heterocycles. The lowest BCUT2D eigenvalue weighted by atomic mass is 10.2. The van der Waals surface area contributed by atoms with Crippen LogP contribution in [0, 0.1) is 0 Å². The summed E-state index contributed by atoms with van der Waals surface area (Å²) in [5.41, 5.74) is 9.31. The van der Waals surface area contributed by atoms with Crippen LogP contribution in [0.25, 0.3) is 27.1 Å². The normalized spacial score (nSPS) is 10.8. The minimum absolute atomic E-state index is 0.107. The van der Waals surface area contributed by atoms with Crippen molar-refractivity contribution in [3.05, 3.63) is 51.5 Å². The third-order valence-corrected chi connectivity index (χ3v) is 3.75. The molecular formula is C15H14N4O3S. The average Bonchev–Trinajstić information content (AvgIpc) is 3.03. The number of thiazole rings is 1. The van der Waals surface area contributed by atoms with Gasteiger partial charge in [-0.05, 0) is 30.7 Å². The first-order chi connectivity index (χ1) is 11.2. The lowest BCUT2D eigenvalue weighted by molar-refractivity contribution is -0.138. The Morgan fingerprint density at radius 3 is 2.96 bits per heavy atom. The van der Waals surface area contributed by atoms with Crippen LogP contribution in [0.3, 0.4) is 0 Å². The molecule has 118 valence electrons. The van der Waals surface area contributed by atoms with Crippen molar-refractivity contribution in [3.8, 4) is 16.3 Å². The van der Waals surface area contributed by atoms with Crippen molar-refractivity contribution in [2.75, 3.05) is 13.7 Å². The lowest BCUT2D eigenvalue weighted by Crippen LogP contribution is -2.05. The van der Waals surface area contributed by atoms with E-state index in [2.05, 4.69) is 15.0 Å². The van der Waals surface area contributed by atoms with Gasteiger partial charge in [0.1, 0.15) is 16.5 Å². The maximum atomic E-state index is 11.7. The van der Waals surface area contributed by atoms with Crippen LogP contribution in [0.1, 0.15) is 11.8 Å². The number of nitrogens with zero attached hydrogens (tertiary/aromatic N) is 4. The largest absolute Gasteiger partial charge is 0.496 e. The molecule has 23 heavy (non-hydrogen) atoms. The molecule has 0 atom stereocenters. The fourth-order valence-corrected chi connectivity index (χ4v) is 2.70. The topological polar surface area (TPSA) is 97.2 Å². The molecule has 0 bridgehead atoms. The highest BCUT2D eigenvalue weighted by Crippen LogP contribution is 2.33. The van der Waals surface area contributed by atoms with E-state index >= 15 is 0 Å². The lowest BCUT2D eigenvalue weighted by Gasteiger charge is -2.04. The number of hydrogen-bond acceptors (Lipinski definition) is 6. The Morgan fingerprint density at radius 1 is 1.48 bits per heavy atom. The molecule has 0 aliphatic heterocycles. The third-order valence-electron chi connectivity index (χ3n) is 2.78. The fraction of sp³-hybridized carbons (Fsp3) is 0.200. The summed E-state index contributed by atoms with van der Waals surface area (Å²) in [5, 5.41) is 4.11. The summed E-state index contributed by atoms with van der Waals surface area (Å²) < 4.78 is 10.2. The molecule has 0 amide bonds. The van der Waals surface area contributed by atoms with Crippen LogP contribution in [-0.2, 0) is 9.53 Å². The van der Waals surface area contributed by atoms with E-state index < -0.39 is 5.97 Å². The fourth-order valence-electron chi connectivity index (χ4n) is 1.82. The first kappa shape index (κ1) is 16.5. The molecule has 0 saturated heterocycles. The Balaban J connectivity index is 2.35. The maximum Gasteiger partial charge on any atom is 0.340 e. The number of benzene rings is 1. The van der Waals surface area contributed by atoms with Crippen LogP contribution in [-0.4, -0.2) is 24.7 Å². The Kier molecular flexibility index (Phi) is 5.74. The molecule has 1 aromatic carbocycles. The second kappa shape index (κ2) is 7.98. The molecule has 0 unspecified atom stereocenters. The van der Waals surface area contributed by atoms with E-state index in [1.54, 1.807) is 20.2 Å². The van der Waals surface area contributed by atoms with Crippen LogP contribution < -0.4 is 4.74 Å². The highest BCUT2D eigenvalue weighted by Gasteiger charge is 2.12. The van der Waals surface area contributed by atoms with Crippen LogP contribution in [0.5, 0.6) is 5.75 Å². The number of hydrogen-bond donors (Lipinski definition) is 0. The van der Waals surface area contributed by atoms with Gasteiger partial charge >= 0.3 is 5.97 Å². The number of para-hydroxylation sites is 1. The Morgan fingerprint density at radius 2 is 2.26 bits per heavy atom. The van der Waals surface area contributed by atoms with Crippen LogP contribution in [0.15, 0.2) is 41.3 Å². The van der Waals surface area contributed by atoms with Crippen molar-refractivity contribution in [1.82, 2.24) is 4.98 Å². The number of rotatable bonds is 6. The zero-order chi connectivity index (χ0) is 16.7. The van der Waals surface area contributed by atoms with Crippen molar-refractivity contribution in [2.45, 2.75) is 6.92 Å². The first-order valence-corrected chi connectivity index (χ1v) is 7.54. The summed E-state index contributed by atoms with van der Waals surface area (Å²) in [6.07, 6.45) is 3.05. The van der Waals surface area contributed by atoms with Crippen molar-refractivity contribution in [3.63, 3.8) is 0 Å². The smallest absolute Gasteiger partial charge is 0.340 e. The molecule has 0 saturated carbocycles. The molecule has 0 N–H and O–H groups in total. The van der Waals surface area contributed by atoms with Crippen molar-refractivity contribution in [2.24, 2.45) is 5.11 Å². The number of carbonyl (C=O) groups is 1. The van der Waals surface area contributed by atoms with Gasteiger partial charge in [-0.25, -0.2) is 9.78 Å². The third kappa shape index (κ3) is 4.09. The minimum atomic E-state index is -0.669. The highest BCUT2D eigenvalue weighted by atomic mass is 32.1. The van der Waals surface area contributed by atoms with Gasteiger partial charge in [0.2, 0.25) is 0 Å². The van der Waals surface area contributed by atoms with Crippen LogP contribution >= 0.6 is 11.3 Å². The summed E-state index contributed by atoms with van der Waals surface area (Å²) in [7, 11) is 1.59. The zero-order valence-electron chi connectivity index (χ0n) is 12.6. The monoisotopic (exact) mass is 330 g/mol. The maximum absolute atomic E-state index is 11.7. The van der Waals surface area contributed by atoms with Gasteiger partial charge in [0.15, 0.2) is 0 Å². The second-order valence-electron chi connectivity index (χ2n) is 4.21. The number of carbonyl (C=O) groups excluding carboxylic acids is 1. The molecule has 0 aliphatic carbocycles. The summed E-state index contributed by atoms with van der Waals surface area (Å²) in [4.78, 5) is 19.4. The molecule has 0 aliphatic rings. The Bertz CT molecular complexity index is 779. The molecule has 2 aromatic rings. The number of azide groups is 1. The zero-order valence-corrected chi connectivity index (χ0v) is 13.4. The number of methoxy groups -OCH3 is 1. The van der Waals surface area contributed by atoms with Crippen molar-refractivity contribution < 1.29 is 14.3 Å². The predicted octanol–water partition coefficient (Wildman–Crippen LogP) is 4.03. The van der Waals surface area contributed by atoms with E-state index in [1.807, 2.05) is 24.3 Å². The van der Waals surface area contributed by atoms with Crippen molar-refractivity contribution >= 4 is 23.4 Å². The summed E-state index contributed by atoms with van der Waals surface area (Å²) in [6, 6.07) is 7.50. The molecule has 7 nitrogen and oxygen atoms in total. The number of ether oxygens (including phenoxy) is 2. The van der Waals surface area contributed by atoms with Gasteiger partial charge in [-0.15, -0.1) is 11.3 Å². The quantitative estimate of drug-likeness (QED) is 0.262. The standard InChI is InChI=1S/C15H14N4O3S/c1-3-22-15(20)12(18-19-16)8-10-9-17-14(23-10)11-6-4-5-7-13(11)21-2/h4-9H,3H2,1-2H3/b12-8-. The van der Waals surface area contributed by atoms with E-state index in [-0.39, 0.29) is 12.3 Å². The molecular weight excluding hydrogens is 316 g/mol. The SMILES string of the molecule is CCOC(=O)/C(=C/c1cnc(-c2ccccc2OC)s1)N=[N+]=[N-]. The Hall–Kier alpha value is -2.83. The van der Waals surface area contributed by atoms with E-state index in [0.29, 0.717) is 10.6 Å². The summed E-state index contributed by atoms with van der Waals surface area (Å²) in [5.74, 6) is 0.0376. The molecule has 2 rings (SSSR count). The van der Waals surface area contributed by atoms with Gasteiger partial charge in [0.05, 0.1) is 19.3 Å². The van der Waals surface area contributed by atoms with Gasteiger partial charge in [-0.1, -0.05) is 17.2 Å². The number of esters is 1. The molecule has 0 radical (unpaired) electrons. The predicted molar refractivity (Wildman–Crippen MR) is 87.9 cm³/mol. The van der Waals surface area contributed by atoms with E-state index in [1.165, 1.54) is 17.4 Å². The van der Waals surface area contributed by atoms with E-state index in [9.17, 15) is 4.79 Å². The van der Waals surface area contributed by atoms with E-state index in [0.717, 1.165) is 10.6 Å².